The average molecular weight is 184 g/mol. The van der Waals surface area contributed by atoms with Gasteiger partial charge in [0.05, 0.1) is 6.07 Å². The Bertz CT molecular complexity index is 343. The highest BCUT2D eigenvalue weighted by Crippen LogP contribution is 2.08. The molecule has 0 atom stereocenters. The van der Waals surface area contributed by atoms with Crippen molar-refractivity contribution in [3.8, 4) is 0 Å². The summed E-state index contributed by atoms with van der Waals surface area (Å²) in [7, 11) is 3.09. The SMILES string of the molecule is CN(C)C(=O)c1cc([N+](=O)[O-])[nH]n1. The lowest BCUT2D eigenvalue weighted by Gasteiger charge is -2.05. The summed E-state index contributed by atoms with van der Waals surface area (Å²) in [6.45, 7) is 0. The molecule has 0 unspecified atom stereocenters. The Labute approximate surface area is 73.5 Å². The van der Waals surface area contributed by atoms with E-state index in [0.29, 0.717) is 0 Å². The summed E-state index contributed by atoms with van der Waals surface area (Å²) in [6.07, 6.45) is 0. The Kier molecular flexibility index (Phi) is 2.27. The molecule has 1 N–H and O–H groups in total. The Balaban J connectivity index is 2.92. The number of rotatable bonds is 2. The van der Waals surface area contributed by atoms with Gasteiger partial charge in [0.2, 0.25) is 0 Å². The van der Waals surface area contributed by atoms with Crippen molar-refractivity contribution < 1.29 is 9.72 Å². The van der Waals surface area contributed by atoms with E-state index in [2.05, 4.69) is 10.2 Å². The van der Waals surface area contributed by atoms with Gasteiger partial charge < -0.3 is 15.0 Å². The normalized spacial score (nSPS) is 9.69. The van der Waals surface area contributed by atoms with Gasteiger partial charge in [-0.3, -0.25) is 4.79 Å². The zero-order chi connectivity index (χ0) is 10.0. The molecular weight excluding hydrogens is 176 g/mol. The summed E-state index contributed by atoms with van der Waals surface area (Å²) in [5, 5.41) is 15.9. The van der Waals surface area contributed by atoms with E-state index in [4.69, 9.17) is 0 Å². The predicted molar refractivity (Wildman–Crippen MR) is 43.3 cm³/mol. The third-order valence-electron chi connectivity index (χ3n) is 1.39. The van der Waals surface area contributed by atoms with Crippen molar-refractivity contribution >= 4 is 11.7 Å². The Hall–Kier alpha value is -1.92. The smallest absolute Gasteiger partial charge is 0.343 e. The lowest BCUT2D eigenvalue weighted by atomic mass is 10.4. The molecule has 13 heavy (non-hydrogen) atoms. The van der Waals surface area contributed by atoms with E-state index in [1.165, 1.54) is 4.90 Å². The van der Waals surface area contributed by atoms with E-state index in [0.717, 1.165) is 6.07 Å². The van der Waals surface area contributed by atoms with Crippen LogP contribution in [0.15, 0.2) is 6.07 Å². The van der Waals surface area contributed by atoms with Crippen molar-refractivity contribution in [3.05, 3.63) is 21.9 Å². The number of aromatic nitrogens is 2. The number of amides is 1. The Morgan fingerprint density at radius 2 is 2.31 bits per heavy atom. The second-order valence-electron chi connectivity index (χ2n) is 2.60. The molecule has 0 aromatic carbocycles. The van der Waals surface area contributed by atoms with Crippen LogP contribution in [0.2, 0.25) is 0 Å². The standard InChI is InChI=1S/C6H8N4O3/c1-9(2)6(11)4-3-5(8-7-4)10(12)13/h3H,1-2H3,(H,7,8). The maximum Gasteiger partial charge on any atom is 0.343 e. The molecule has 1 heterocycles. The lowest BCUT2D eigenvalue weighted by molar-refractivity contribution is -0.389. The van der Waals surface area contributed by atoms with Gasteiger partial charge in [0.15, 0.2) is 5.69 Å². The van der Waals surface area contributed by atoms with Crippen molar-refractivity contribution in [2.24, 2.45) is 0 Å². The molecule has 1 aromatic heterocycles. The number of nitrogens with one attached hydrogen (secondary N) is 1. The van der Waals surface area contributed by atoms with Crippen LogP contribution in [0.5, 0.6) is 0 Å². The minimum absolute atomic E-state index is 0.0386. The fourth-order valence-electron chi connectivity index (χ4n) is 0.744. The zero-order valence-electron chi connectivity index (χ0n) is 7.14. The molecule has 0 fully saturated rings. The molecular formula is C6H8N4O3. The molecule has 0 saturated heterocycles. The molecule has 0 aliphatic rings. The molecule has 1 amide bonds. The van der Waals surface area contributed by atoms with Gasteiger partial charge in [-0.05, 0) is 4.92 Å². The summed E-state index contributed by atoms with van der Waals surface area (Å²) >= 11 is 0. The van der Waals surface area contributed by atoms with E-state index in [9.17, 15) is 14.9 Å². The Morgan fingerprint density at radius 3 is 2.69 bits per heavy atom. The quantitative estimate of drug-likeness (QED) is 0.518. The molecule has 7 heteroatoms. The molecule has 0 aliphatic carbocycles. The topological polar surface area (TPSA) is 92.1 Å². The molecule has 0 saturated carbocycles. The highest BCUT2D eigenvalue weighted by atomic mass is 16.6. The van der Waals surface area contributed by atoms with E-state index < -0.39 is 4.92 Å². The molecule has 1 rings (SSSR count). The van der Waals surface area contributed by atoms with Crippen molar-refractivity contribution in [3.63, 3.8) is 0 Å². The summed E-state index contributed by atoms with van der Waals surface area (Å²) in [5.41, 5.74) is 0.0386. The molecule has 0 spiro atoms. The van der Waals surface area contributed by atoms with Gasteiger partial charge in [-0.25, -0.2) is 0 Å². The number of nitro groups is 1. The van der Waals surface area contributed by atoms with Crippen LogP contribution >= 0.6 is 0 Å². The van der Waals surface area contributed by atoms with Crippen LogP contribution in [-0.4, -0.2) is 40.0 Å². The van der Waals surface area contributed by atoms with E-state index in [1.54, 1.807) is 14.1 Å². The predicted octanol–water partition coefficient (Wildman–Crippen LogP) is 0.0197. The highest BCUT2D eigenvalue weighted by molar-refractivity contribution is 5.92. The van der Waals surface area contributed by atoms with Crippen molar-refractivity contribution in [1.29, 1.82) is 0 Å². The van der Waals surface area contributed by atoms with Crippen LogP contribution in [0.25, 0.3) is 0 Å². The molecule has 70 valence electrons. The number of hydrogen-bond donors (Lipinski definition) is 1. The van der Waals surface area contributed by atoms with Gasteiger partial charge in [0.1, 0.15) is 0 Å². The Morgan fingerprint density at radius 1 is 1.69 bits per heavy atom. The first-order valence-corrected chi connectivity index (χ1v) is 3.44. The van der Waals surface area contributed by atoms with Gasteiger partial charge in [-0.2, -0.15) is 0 Å². The monoisotopic (exact) mass is 184 g/mol. The molecule has 0 aliphatic heterocycles. The first-order chi connectivity index (χ1) is 6.02. The van der Waals surface area contributed by atoms with Crippen LogP contribution in [-0.2, 0) is 0 Å². The van der Waals surface area contributed by atoms with Crippen LogP contribution in [0, 0.1) is 10.1 Å². The summed E-state index contributed by atoms with van der Waals surface area (Å²) in [4.78, 5) is 22.1. The largest absolute Gasteiger partial charge is 0.358 e. The van der Waals surface area contributed by atoms with E-state index in [-0.39, 0.29) is 17.4 Å². The number of carbonyl (C=O) groups is 1. The highest BCUT2D eigenvalue weighted by Gasteiger charge is 2.17. The van der Waals surface area contributed by atoms with Crippen LogP contribution in [0.3, 0.4) is 0 Å². The number of nitrogens with zero attached hydrogens (tertiary/aromatic N) is 3. The first-order valence-electron chi connectivity index (χ1n) is 3.44. The summed E-state index contributed by atoms with van der Waals surface area (Å²) in [6, 6.07) is 1.10. The fraction of sp³-hybridized carbons (Fsp3) is 0.333. The van der Waals surface area contributed by atoms with Crippen LogP contribution < -0.4 is 0 Å². The van der Waals surface area contributed by atoms with Gasteiger partial charge in [-0.15, -0.1) is 5.10 Å². The maximum absolute atomic E-state index is 11.2. The van der Waals surface area contributed by atoms with Gasteiger partial charge >= 0.3 is 5.82 Å². The second kappa shape index (κ2) is 3.21. The number of aromatic amines is 1. The number of hydrogen-bond acceptors (Lipinski definition) is 4. The number of carbonyl (C=O) groups excluding carboxylic acids is 1. The molecule has 0 bridgehead atoms. The van der Waals surface area contributed by atoms with Gasteiger partial charge in [0.25, 0.3) is 5.91 Å². The molecule has 0 radical (unpaired) electrons. The molecule has 7 nitrogen and oxygen atoms in total. The van der Waals surface area contributed by atoms with Gasteiger partial charge in [0, 0.05) is 14.1 Å². The lowest BCUT2D eigenvalue weighted by Crippen LogP contribution is -2.21. The summed E-state index contributed by atoms with van der Waals surface area (Å²) in [5.74, 6) is -0.658. The minimum Gasteiger partial charge on any atom is -0.358 e. The number of H-pyrrole nitrogens is 1. The van der Waals surface area contributed by atoms with Crippen molar-refractivity contribution in [2.75, 3.05) is 14.1 Å². The molecule has 1 aromatic rings. The minimum atomic E-state index is -0.639. The fourth-order valence-corrected chi connectivity index (χ4v) is 0.744. The van der Waals surface area contributed by atoms with Crippen LogP contribution in [0.1, 0.15) is 10.5 Å². The van der Waals surface area contributed by atoms with E-state index >= 15 is 0 Å². The summed E-state index contributed by atoms with van der Waals surface area (Å²) < 4.78 is 0. The zero-order valence-corrected chi connectivity index (χ0v) is 7.14. The first kappa shape index (κ1) is 9.17. The third-order valence-corrected chi connectivity index (χ3v) is 1.39. The maximum atomic E-state index is 11.2. The third kappa shape index (κ3) is 1.81. The second-order valence-corrected chi connectivity index (χ2v) is 2.60. The van der Waals surface area contributed by atoms with Crippen molar-refractivity contribution in [2.45, 2.75) is 0 Å². The van der Waals surface area contributed by atoms with Crippen molar-refractivity contribution in [1.82, 2.24) is 15.1 Å². The average Bonchev–Trinajstić information content (AvgIpc) is 2.50. The van der Waals surface area contributed by atoms with E-state index in [1.807, 2.05) is 0 Å². The van der Waals surface area contributed by atoms with Gasteiger partial charge in [-0.1, -0.05) is 5.10 Å². The van der Waals surface area contributed by atoms with Crippen LogP contribution in [0.4, 0.5) is 5.82 Å².